The highest BCUT2D eigenvalue weighted by Crippen LogP contribution is 2.33. The van der Waals surface area contributed by atoms with Crippen LogP contribution < -0.4 is 0 Å². The van der Waals surface area contributed by atoms with Crippen molar-refractivity contribution in [3.63, 3.8) is 0 Å². The van der Waals surface area contributed by atoms with E-state index in [-0.39, 0.29) is 0 Å². The fourth-order valence-electron chi connectivity index (χ4n) is 2.85. The second-order valence-corrected chi connectivity index (χ2v) is 6.58. The van der Waals surface area contributed by atoms with Gasteiger partial charge < -0.3 is 4.74 Å². The molecule has 5 nitrogen and oxygen atoms in total. The first-order valence-corrected chi connectivity index (χ1v) is 8.84. The number of unbranched alkanes of at least 4 members (excludes halogenated alkanes) is 4. The molecule has 0 heterocycles. The van der Waals surface area contributed by atoms with E-state index in [9.17, 15) is 5.26 Å². The van der Waals surface area contributed by atoms with Crippen LogP contribution in [0.3, 0.4) is 0 Å². The van der Waals surface area contributed by atoms with E-state index in [2.05, 4.69) is 11.8 Å². The van der Waals surface area contributed by atoms with Crippen molar-refractivity contribution in [2.45, 2.75) is 102 Å². The molecule has 0 aliphatic heterocycles. The van der Waals surface area contributed by atoms with Crippen molar-refractivity contribution in [2.75, 3.05) is 7.11 Å². The molecule has 1 fully saturated rings. The summed E-state index contributed by atoms with van der Waals surface area (Å²) in [6.07, 6.45) is 12.2. The van der Waals surface area contributed by atoms with Crippen LogP contribution in [0.4, 0.5) is 0 Å². The van der Waals surface area contributed by atoms with Crippen LogP contribution >= 0.6 is 0 Å². The molecule has 1 aliphatic rings. The Labute approximate surface area is 135 Å². The van der Waals surface area contributed by atoms with Crippen LogP contribution in [0.2, 0.25) is 0 Å². The predicted octanol–water partition coefficient (Wildman–Crippen LogP) is 5.20. The van der Waals surface area contributed by atoms with Crippen LogP contribution in [0.1, 0.15) is 90.9 Å². The molecule has 132 valence electrons. The van der Waals surface area contributed by atoms with Crippen molar-refractivity contribution >= 4 is 0 Å². The van der Waals surface area contributed by atoms with E-state index in [4.69, 9.17) is 14.5 Å². The monoisotopic (exact) mass is 318 g/mol. The third-order valence-electron chi connectivity index (χ3n) is 4.57. The smallest absolute Gasteiger partial charge is 0.233 e. The molecule has 0 saturated heterocycles. The molecule has 0 aromatic heterocycles. The van der Waals surface area contributed by atoms with Gasteiger partial charge in [-0.15, -0.1) is 0 Å². The highest BCUT2D eigenvalue weighted by atomic mass is 17.3. The molecule has 0 aromatic carbocycles. The zero-order chi connectivity index (χ0) is 16.3. The molecule has 5 heteroatoms. The van der Waals surface area contributed by atoms with E-state index < -0.39 is 11.6 Å². The summed E-state index contributed by atoms with van der Waals surface area (Å²) in [6, 6.07) is 0. The number of ether oxygens (including phenoxy) is 1. The summed E-state index contributed by atoms with van der Waals surface area (Å²) in [7, 11) is 1.62. The molecule has 1 aliphatic carbocycles. The minimum Gasteiger partial charge on any atom is -0.351 e. The number of hydrogen-bond donors (Lipinski definition) is 1. The Morgan fingerprint density at radius 1 is 1.00 bits per heavy atom. The van der Waals surface area contributed by atoms with Gasteiger partial charge in [0.25, 0.3) is 0 Å². The van der Waals surface area contributed by atoms with E-state index >= 15 is 0 Å². The number of hydrogen-bond acceptors (Lipinski definition) is 5. The van der Waals surface area contributed by atoms with Crippen LogP contribution in [0.5, 0.6) is 0 Å². The minimum atomic E-state index is -1.04. The van der Waals surface area contributed by atoms with Gasteiger partial charge in [-0.1, -0.05) is 45.4 Å². The molecule has 1 rings (SSSR count). The van der Waals surface area contributed by atoms with Gasteiger partial charge in [0.2, 0.25) is 5.79 Å². The average molecular weight is 318 g/mol. The molecule has 0 radical (unpaired) electrons. The van der Waals surface area contributed by atoms with E-state index in [1.807, 2.05) is 6.92 Å². The Hall–Kier alpha value is -0.200. The van der Waals surface area contributed by atoms with E-state index in [1.54, 1.807) is 7.11 Å². The lowest BCUT2D eigenvalue weighted by molar-refractivity contribution is -0.544. The standard InChI is InChI=1S/C17H34O5/c1-4-5-6-7-10-13-16(2,19-3)21-22-17(20-18)14-11-8-9-12-15-17/h18H,4-15H2,1-3H3. The van der Waals surface area contributed by atoms with Crippen LogP contribution in [0.15, 0.2) is 0 Å². The molecule has 1 N–H and O–H groups in total. The van der Waals surface area contributed by atoms with Crippen LogP contribution in [-0.4, -0.2) is 23.9 Å². The lowest BCUT2D eigenvalue weighted by Gasteiger charge is -2.33. The van der Waals surface area contributed by atoms with Crippen LogP contribution in [0.25, 0.3) is 0 Å². The maximum absolute atomic E-state index is 9.26. The van der Waals surface area contributed by atoms with Gasteiger partial charge >= 0.3 is 0 Å². The molecule has 1 saturated carbocycles. The summed E-state index contributed by atoms with van der Waals surface area (Å²) < 4.78 is 5.47. The molecule has 0 amide bonds. The van der Waals surface area contributed by atoms with Crippen molar-refractivity contribution in [3.8, 4) is 0 Å². The largest absolute Gasteiger partial charge is 0.351 e. The normalized spacial score (nSPS) is 21.3. The highest BCUT2D eigenvalue weighted by Gasteiger charge is 2.38. The van der Waals surface area contributed by atoms with Crippen molar-refractivity contribution in [2.24, 2.45) is 0 Å². The third kappa shape index (κ3) is 6.92. The van der Waals surface area contributed by atoms with Crippen LogP contribution in [-0.2, 0) is 19.4 Å². The van der Waals surface area contributed by atoms with Gasteiger partial charge in [0.05, 0.1) is 0 Å². The van der Waals surface area contributed by atoms with Gasteiger partial charge in [-0.3, -0.25) is 0 Å². The second-order valence-electron chi connectivity index (χ2n) is 6.58. The summed E-state index contributed by atoms with van der Waals surface area (Å²) in [5, 5.41) is 9.26. The van der Waals surface area contributed by atoms with E-state index in [0.29, 0.717) is 12.8 Å². The molecule has 1 atom stereocenters. The van der Waals surface area contributed by atoms with Crippen molar-refractivity contribution in [1.82, 2.24) is 0 Å². The molecule has 0 bridgehead atoms. The lowest BCUT2D eigenvalue weighted by atomic mass is 10.1. The molecular weight excluding hydrogens is 284 g/mol. The first-order chi connectivity index (χ1) is 10.6. The fraction of sp³-hybridized carbons (Fsp3) is 1.00. The summed E-state index contributed by atoms with van der Waals surface area (Å²) >= 11 is 0. The Kier molecular flexibility index (Phi) is 9.52. The SMILES string of the molecule is CCCCCCCC(C)(OC)OOC1(OO)CCCCCC1. The van der Waals surface area contributed by atoms with Gasteiger partial charge in [0, 0.05) is 26.4 Å². The second kappa shape index (κ2) is 10.6. The molecular formula is C17H34O5. The molecule has 22 heavy (non-hydrogen) atoms. The predicted molar refractivity (Wildman–Crippen MR) is 85.1 cm³/mol. The third-order valence-corrected chi connectivity index (χ3v) is 4.57. The lowest BCUT2D eigenvalue weighted by Crippen LogP contribution is -2.40. The quantitative estimate of drug-likeness (QED) is 0.187. The molecule has 0 aromatic rings. The van der Waals surface area contributed by atoms with E-state index in [1.165, 1.54) is 19.3 Å². The van der Waals surface area contributed by atoms with Crippen molar-refractivity contribution in [1.29, 1.82) is 0 Å². The van der Waals surface area contributed by atoms with E-state index in [0.717, 1.165) is 44.9 Å². The Bertz CT molecular complexity index is 276. The highest BCUT2D eigenvalue weighted by molar-refractivity contribution is 4.72. The van der Waals surface area contributed by atoms with Crippen molar-refractivity contribution < 1.29 is 24.7 Å². The Balaban J connectivity index is 2.41. The Morgan fingerprint density at radius 2 is 1.64 bits per heavy atom. The van der Waals surface area contributed by atoms with Gasteiger partial charge in [0.1, 0.15) is 0 Å². The topological polar surface area (TPSA) is 57.2 Å². The van der Waals surface area contributed by atoms with Gasteiger partial charge in [-0.25, -0.2) is 10.1 Å². The first-order valence-electron chi connectivity index (χ1n) is 8.84. The average Bonchev–Trinajstić information content (AvgIpc) is 2.79. The molecule has 0 spiro atoms. The van der Waals surface area contributed by atoms with Gasteiger partial charge in [-0.05, 0) is 26.2 Å². The summed E-state index contributed by atoms with van der Waals surface area (Å²) in [5.74, 6) is -1.84. The maximum atomic E-state index is 9.26. The summed E-state index contributed by atoms with van der Waals surface area (Å²) in [6.45, 7) is 4.08. The number of methoxy groups -OCH3 is 1. The summed E-state index contributed by atoms with van der Waals surface area (Å²) in [4.78, 5) is 15.8. The zero-order valence-corrected chi connectivity index (χ0v) is 14.6. The first kappa shape index (κ1) is 19.8. The maximum Gasteiger partial charge on any atom is 0.233 e. The van der Waals surface area contributed by atoms with Crippen LogP contribution in [0, 0.1) is 0 Å². The van der Waals surface area contributed by atoms with Crippen molar-refractivity contribution in [3.05, 3.63) is 0 Å². The molecule has 1 unspecified atom stereocenters. The number of rotatable bonds is 11. The van der Waals surface area contributed by atoms with Gasteiger partial charge in [-0.2, -0.15) is 9.78 Å². The minimum absolute atomic E-state index is 0.639. The zero-order valence-electron chi connectivity index (χ0n) is 14.6. The Morgan fingerprint density at radius 3 is 2.18 bits per heavy atom. The fourth-order valence-corrected chi connectivity index (χ4v) is 2.85. The summed E-state index contributed by atoms with van der Waals surface area (Å²) in [5.41, 5.74) is 0. The van der Waals surface area contributed by atoms with Gasteiger partial charge in [0.15, 0.2) is 5.79 Å².